The van der Waals surface area contributed by atoms with Crippen molar-refractivity contribution in [3.05, 3.63) is 45.5 Å². The van der Waals surface area contributed by atoms with Crippen molar-refractivity contribution in [1.29, 1.82) is 0 Å². The molecule has 6 nitrogen and oxygen atoms in total. The number of amides is 1. The van der Waals surface area contributed by atoms with E-state index in [1.807, 2.05) is 38.1 Å². The van der Waals surface area contributed by atoms with Gasteiger partial charge in [0.25, 0.3) is 0 Å². The van der Waals surface area contributed by atoms with Gasteiger partial charge >= 0.3 is 0 Å². The molecule has 0 aromatic carbocycles. The zero-order chi connectivity index (χ0) is 19.2. The number of aryl methyl sites for hydroxylation is 2. The molecule has 1 N–H and O–H groups in total. The van der Waals surface area contributed by atoms with Gasteiger partial charge in [0.1, 0.15) is 11.5 Å². The normalized spacial score (nSPS) is 16.2. The first-order valence-electron chi connectivity index (χ1n) is 9.27. The van der Waals surface area contributed by atoms with E-state index in [1.54, 1.807) is 0 Å². The van der Waals surface area contributed by atoms with Gasteiger partial charge in [-0.3, -0.25) is 14.5 Å². The first kappa shape index (κ1) is 19.8. The summed E-state index contributed by atoms with van der Waals surface area (Å²) in [5.41, 5.74) is 0. The summed E-state index contributed by atoms with van der Waals surface area (Å²) >= 11 is 1.47. The van der Waals surface area contributed by atoms with Crippen LogP contribution in [0.3, 0.4) is 0 Å². The molecule has 1 amide bonds. The average molecular weight is 391 g/mol. The highest BCUT2D eigenvalue weighted by Crippen LogP contribution is 2.23. The van der Waals surface area contributed by atoms with E-state index < -0.39 is 0 Å². The van der Waals surface area contributed by atoms with Crippen LogP contribution in [0.1, 0.15) is 45.0 Å². The number of ether oxygens (including phenoxy) is 1. The molecule has 146 valence electrons. The van der Waals surface area contributed by atoms with Crippen LogP contribution >= 0.6 is 11.3 Å². The van der Waals surface area contributed by atoms with Crippen molar-refractivity contribution >= 4 is 23.0 Å². The number of nitrogens with one attached hydrogen (secondary N) is 1. The second kappa shape index (κ2) is 9.30. The lowest BCUT2D eigenvalue weighted by atomic mass is 10.1. The van der Waals surface area contributed by atoms with E-state index in [1.165, 1.54) is 11.3 Å². The number of furan rings is 1. The lowest BCUT2D eigenvalue weighted by Gasteiger charge is -2.33. The molecule has 0 aliphatic carbocycles. The Balaban J connectivity index is 1.53. The number of hydrogen-bond acceptors (Lipinski definition) is 6. The fourth-order valence-corrected chi connectivity index (χ4v) is 4.00. The maximum absolute atomic E-state index is 12.3. The van der Waals surface area contributed by atoms with Crippen molar-refractivity contribution in [2.24, 2.45) is 0 Å². The van der Waals surface area contributed by atoms with Gasteiger partial charge in [-0.15, -0.1) is 11.3 Å². The van der Waals surface area contributed by atoms with Gasteiger partial charge in [0.2, 0.25) is 5.91 Å². The predicted molar refractivity (Wildman–Crippen MR) is 104 cm³/mol. The number of carbonyl (C=O) groups excluding carboxylic acids is 2. The van der Waals surface area contributed by atoms with Crippen LogP contribution in [0.4, 0.5) is 0 Å². The van der Waals surface area contributed by atoms with Crippen LogP contribution < -0.4 is 5.32 Å². The van der Waals surface area contributed by atoms with Gasteiger partial charge in [-0.1, -0.05) is 0 Å². The molecule has 1 atom stereocenters. The molecule has 2 aromatic heterocycles. The van der Waals surface area contributed by atoms with Crippen molar-refractivity contribution < 1.29 is 18.7 Å². The standard InChI is InChI=1S/C20H26N2O4S/c1-14-3-6-18(26-14)16(22-9-11-25-12-10-22)13-21-20(24)8-5-17(23)19-7-4-15(2)27-19/h3-4,6-7,16H,5,8-13H2,1-2H3,(H,21,24). The SMILES string of the molecule is Cc1ccc(C(CNC(=O)CCC(=O)c2ccc(C)s2)N2CCOCC2)o1. The van der Waals surface area contributed by atoms with Crippen molar-refractivity contribution in [3.63, 3.8) is 0 Å². The molecule has 0 bridgehead atoms. The van der Waals surface area contributed by atoms with Gasteiger partial charge in [-0.2, -0.15) is 0 Å². The Morgan fingerprint density at radius 3 is 2.56 bits per heavy atom. The van der Waals surface area contributed by atoms with Crippen molar-refractivity contribution in [2.45, 2.75) is 32.7 Å². The minimum Gasteiger partial charge on any atom is -0.465 e. The Labute approximate surface area is 163 Å². The number of thiophene rings is 1. The minimum absolute atomic E-state index is 0.0228. The van der Waals surface area contributed by atoms with Gasteiger partial charge in [0, 0.05) is 37.4 Å². The Kier molecular flexibility index (Phi) is 6.82. The van der Waals surface area contributed by atoms with Crippen molar-refractivity contribution in [2.75, 3.05) is 32.8 Å². The van der Waals surface area contributed by atoms with Gasteiger partial charge in [-0.25, -0.2) is 0 Å². The Hall–Kier alpha value is -1.96. The number of nitrogens with zero attached hydrogens (tertiary/aromatic N) is 1. The fourth-order valence-electron chi connectivity index (χ4n) is 3.16. The first-order valence-corrected chi connectivity index (χ1v) is 10.1. The average Bonchev–Trinajstić information content (AvgIpc) is 3.29. The summed E-state index contributed by atoms with van der Waals surface area (Å²) in [6, 6.07) is 7.63. The van der Waals surface area contributed by atoms with Crippen LogP contribution in [0.2, 0.25) is 0 Å². The Morgan fingerprint density at radius 2 is 1.93 bits per heavy atom. The van der Waals surface area contributed by atoms with Crippen LogP contribution in [-0.4, -0.2) is 49.4 Å². The Morgan fingerprint density at radius 1 is 1.15 bits per heavy atom. The third-order valence-electron chi connectivity index (χ3n) is 4.66. The van der Waals surface area contributed by atoms with Crippen LogP contribution in [0.15, 0.2) is 28.7 Å². The number of morpholine rings is 1. The van der Waals surface area contributed by atoms with Crippen LogP contribution in [0.25, 0.3) is 0 Å². The fraction of sp³-hybridized carbons (Fsp3) is 0.500. The quantitative estimate of drug-likeness (QED) is 0.701. The summed E-state index contributed by atoms with van der Waals surface area (Å²) in [6.07, 6.45) is 0.427. The molecule has 0 spiro atoms. The van der Waals surface area contributed by atoms with E-state index in [0.29, 0.717) is 19.8 Å². The second-order valence-electron chi connectivity index (χ2n) is 6.75. The predicted octanol–water partition coefficient (Wildman–Crippen LogP) is 3.11. The molecule has 3 rings (SSSR count). The van der Waals surface area contributed by atoms with E-state index >= 15 is 0 Å². The summed E-state index contributed by atoms with van der Waals surface area (Å²) in [4.78, 5) is 28.5. The van der Waals surface area contributed by atoms with Crippen LogP contribution in [0, 0.1) is 13.8 Å². The molecule has 0 saturated carbocycles. The molecular formula is C20H26N2O4S. The largest absolute Gasteiger partial charge is 0.465 e. The van der Waals surface area contributed by atoms with Crippen LogP contribution in [0.5, 0.6) is 0 Å². The first-order chi connectivity index (χ1) is 13.0. The number of Topliss-reactive ketones (excluding diaryl/α,β-unsaturated/α-hetero) is 1. The molecule has 3 heterocycles. The second-order valence-corrected chi connectivity index (χ2v) is 8.04. The molecule has 1 saturated heterocycles. The summed E-state index contributed by atoms with van der Waals surface area (Å²) in [6.45, 7) is 7.30. The smallest absolute Gasteiger partial charge is 0.220 e. The molecular weight excluding hydrogens is 364 g/mol. The van der Waals surface area contributed by atoms with Gasteiger partial charge in [-0.05, 0) is 38.1 Å². The monoisotopic (exact) mass is 390 g/mol. The highest BCUT2D eigenvalue weighted by atomic mass is 32.1. The molecule has 1 aliphatic heterocycles. The molecule has 1 aliphatic rings. The van der Waals surface area contributed by atoms with Gasteiger partial charge in [0.05, 0.1) is 24.1 Å². The number of rotatable bonds is 8. The summed E-state index contributed by atoms with van der Waals surface area (Å²) in [5.74, 6) is 1.61. The molecule has 1 fully saturated rings. The zero-order valence-corrected chi connectivity index (χ0v) is 16.6. The van der Waals surface area contributed by atoms with E-state index in [-0.39, 0.29) is 30.6 Å². The van der Waals surface area contributed by atoms with Gasteiger partial charge in [0.15, 0.2) is 5.78 Å². The van der Waals surface area contributed by atoms with Crippen molar-refractivity contribution in [1.82, 2.24) is 10.2 Å². The zero-order valence-electron chi connectivity index (χ0n) is 15.8. The molecule has 27 heavy (non-hydrogen) atoms. The summed E-state index contributed by atoms with van der Waals surface area (Å²) in [5, 5.41) is 2.97. The molecule has 1 unspecified atom stereocenters. The number of ketones is 1. The highest BCUT2D eigenvalue weighted by Gasteiger charge is 2.25. The lowest BCUT2D eigenvalue weighted by molar-refractivity contribution is -0.121. The molecule has 2 aromatic rings. The van der Waals surface area contributed by atoms with Crippen LogP contribution in [-0.2, 0) is 9.53 Å². The Bertz CT molecular complexity index is 777. The topological polar surface area (TPSA) is 71.8 Å². The van der Waals surface area contributed by atoms with E-state index in [0.717, 1.165) is 34.4 Å². The number of carbonyl (C=O) groups is 2. The van der Waals surface area contributed by atoms with Gasteiger partial charge < -0.3 is 14.5 Å². The maximum Gasteiger partial charge on any atom is 0.220 e. The maximum atomic E-state index is 12.3. The molecule has 0 radical (unpaired) electrons. The summed E-state index contributed by atoms with van der Waals surface area (Å²) < 4.78 is 11.2. The number of hydrogen-bond donors (Lipinski definition) is 1. The summed E-state index contributed by atoms with van der Waals surface area (Å²) in [7, 11) is 0. The van der Waals surface area contributed by atoms with E-state index in [2.05, 4.69) is 10.2 Å². The van der Waals surface area contributed by atoms with Crippen molar-refractivity contribution in [3.8, 4) is 0 Å². The third kappa shape index (κ3) is 5.51. The van der Waals surface area contributed by atoms with E-state index in [4.69, 9.17) is 9.15 Å². The van der Waals surface area contributed by atoms with E-state index in [9.17, 15) is 9.59 Å². The molecule has 7 heteroatoms. The minimum atomic E-state index is -0.113. The lowest BCUT2D eigenvalue weighted by Crippen LogP contribution is -2.43. The highest BCUT2D eigenvalue weighted by molar-refractivity contribution is 7.14. The third-order valence-corrected chi connectivity index (χ3v) is 5.70.